The van der Waals surface area contributed by atoms with Crippen LogP contribution in [0.3, 0.4) is 0 Å². The minimum Gasteiger partial charge on any atom is -0.0991 e. The summed E-state index contributed by atoms with van der Waals surface area (Å²) in [5, 5.41) is 0. The van der Waals surface area contributed by atoms with Crippen molar-refractivity contribution in [2.24, 2.45) is 0 Å². The van der Waals surface area contributed by atoms with Crippen molar-refractivity contribution in [2.45, 2.75) is 13.8 Å². The Morgan fingerprint density at radius 2 is 1.27 bits per heavy atom. The molecule has 0 amide bonds. The smallest absolute Gasteiger partial charge is 0.0991 e. The van der Waals surface area contributed by atoms with Crippen molar-refractivity contribution < 1.29 is 0 Å². The Balaban J connectivity index is 4.52. The molecule has 0 saturated carbocycles. The molecule has 15 heavy (non-hydrogen) atoms. The van der Waals surface area contributed by atoms with E-state index in [0.717, 1.165) is 7.28 Å². The van der Waals surface area contributed by atoms with Crippen LogP contribution in [0.4, 0.5) is 0 Å². The maximum Gasteiger partial charge on any atom is 0.191 e. The first kappa shape index (κ1) is 13.5. The average molecular weight is 198 g/mol. The molecule has 0 N–H and O–H groups in total. The van der Waals surface area contributed by atoms with E-state index in [1.807, 2.05) is 26.0 Å². The van der Waals surface area contributed by atoms with Crippen LogP contribution in [0, 0.1) is 0 Å². The van der Waals surface area contributed by atoms with Gasteiger partial charge in [0.15, 0.2) is 7.28 Å². The number of rotatable bonds is 6. The monoisotopic (exact) mass is 198 g/mol. The van der Waals surface area contributed by atoms with Crippen molar-refractivity contribution in [1.29, 1.82) is 0 Å². The first-order valence-corrected chi connectivity index (χ1v) is 5.17. The highest BCUT2D eigenvalue weighted by Gasteiger charge is 1.97. The average Bonchev–Trinajstić information content (AvgIpc) is 2.28. The van der Waals surface area contributed by atoms with Crippen LogP contribution in [0.1, 0.15) is 13.8 Å². The summed E-state index contributed by atoms with van der Waals surface area (Å²) in [6.45, 7) is 11.4. The van der Waals surface area contributed by atoms with Gasteiger partial charge in [0.25, 0.3) is 0 Å². The molecule has 0 atom stereocenters. The minimum absolute atomic E-state index is 0.946. The van der Waals surface area contributed by atoms with Crippen LogP contribution in [0.2, 0.25) is 0 Å². The van der Waals surface area contributed by atoms with E-state index in [2.05, 4.69) is 37.5 Å². The highest BCUT2D eigenvalue weighted by Crippen LogP contribution is 2.04. The summed E-state index contributed by atoms with van der Waals surface area (Å²) in [4.78, 5) is 0. The van der Waals surface area contributed by atoms with Gasteiger partial charge in [-0.2, -0.15) is 0 Å². The zero-order chi connectivity index (χ0) is 11.5. The fourth-order valence-electron chi connectivity index (χ4n) is 1.13. The van der Waals surface area contributed by atoms with Gasteiger partial charge in [-0.15, -0.1) is 0 Å². The lowest BCUT2D eigenvalue weighted by molar-refractivity contribution is 1.64. The van der Waals surface area contributed by atoms with Crippen LogP contribution < -0.4 is 0 Å². The Hall–Kier alpha value is -1.50. The number of hydrogen-bond acceptors (Lipinski definition) is 0. The first-order valence-electron chi connectivity index (χ1n) is 5.17. The van der Waals surface area contributed by atoms with E-state index in [4.69, 9.17) is 0 Å². The maximum absolute atomic E-state index is 3.66. The standard InChI is InChI=1S/C14H19B/c1-5-9-11-13(7-3)15-14(8-4)12-10-6-2/h5-12,15H,1-2H2,3-4H3/b11-9-,12-10-,13-7+,14-8+. The molecule has 0 aliphatic rings. The highest BCUT2D eigenvalue weighted by molar-refractivity contribution is 6.55. The predicted octanol–water partition coefficient (Wildman–Crippen LogP) is 3.71. The van der Waals surface area contributed by atoms with Crippen molar-refractivity contribution in [3.8, 4) is 0 Å². The SMILES string of the molecule is C=C/C=C\C(BC(/C=C\C=C)=C/C)=C/C. The van der Waals surface area contributed by atoms with E-state index >= 15 is 0 Å². The molecule has 0 aliphatic heterocycles. The van der Waals surface area contributed by atoms with Crippen LogP contribution >= 0.6 is 0 Å². The summed E-state index contributed by atoms with van der Waals surface area (Å²) >= 11 is 0. The minimum atomic E-state index is 0.946. The van der Waals surface area contributed by atoms with E-state index in [9.17, 15) is 0 Å². The van der Waals surface area contributed by atoms with Crippen LogP contribution in [0.25, 0.3) is 0 Å². The van der Waals surface area contributed by atoms with Crippen molar-refractivity contribution >= 4 is 7.28 Å². The van der Waals surface area contributed by atoms with E-state index in [1.165, 1.54) is 10.9 Å². The Bertz CT molecular complexity index is 282. The van der Waals surface area contributed by atoms with Crippen molar-refractivity contribution in [2.75, 3.05) is 0 Å². The molecule has 0 radical (unpaired) electrons. The highest BCUT2D eigenvalue weighted by atomic mass is 13.8. The molecular formula is C14H19B. The van der Waals surface area contributed by atoms with Crippen molar-refractivity contribution in [1.82, 2.24) is 0 Å². The van der Waals surface area contributed by atoms with Gasteiger partial charge in [0.1, 0.15) is 0 Å². The molecule has 0 spiro atoms. The Morgan fingerprint density at radius 1 is 0.867 bits per heavy atom. The zero-order valence-electron chi connectivity index (χ0n) is 9.74. The van der Waals surface area contributed by atoms with Gasteiger partial charge in [0.2, 0.25) is 0 Å². The van der Waals surface area contributed by atoms with Crippen LogP contribution in [0.5, 0.6) is 0 Å². The molecule has 0 nitrogen and oxygen atoms in total. The Labute approximate surface area is 94.3 Å². The van der Waals surface area contributed by atoms with Gasteiger partial charge in [0.05, 0.1) is 0 Å². The lowest BCUT2D eigenvalue weighted by atomic mass is 9.62. The second-order valence-electron chi connectivity index (χ2n) is 3.09. The van der Waals surface area contributed by atoms with Crippen molar-refractivity contribution in [3.05, 3.63) is 72.7 Å². The van der Waals surface area contributed by atoms with Gasteiger partial charge in [-0.25, -0.2) is 0 Å². The van der Waals surface area contributed by atoms with Crippen LogP contribution in [-0.4, -0.2) is 7.28 Å². The summed E-state index contributed by atoms with van der Waals surface area (Å²) < 4.78 is 0. The topological polar surface area (TPSA) is 0 Å². The van der Waals surface area contributed by atoms with Crippen LogP contribution in [0.15, 0.2) is 72.7 Å². The first-order chi connectivity index (χ1) is 7.28. The molecule has 1 heteroatoms. The third-order valence-corrected chi connectivity index (χ3v) is 2.04. The second kappa shape index (κ2) is 9.08. The summed E-state index contributed by atoms with van der Waals surface area (Å²) in [5.74, 6) is 0. The molecule has 78 valence electrons. The van der Waals surface area contributed by atoms with E-state index < -0.39 is 0 Å². The molecule has 0 saturated heterocycles. The Morgan fingerprint density at radius 3 is 1.53 bits per heavy atom. The molecular weight excluding hydrogens is 179 g/mol. The molecule has 0 unspecified atom stereocenters. The molecule has 0 heterocycles. The van der Waals surface area contributed by atoms with Gasteiger partial charge in [-0.3, -0.25) is 0 Å². The number of allylic oxidation sites excluding steroid dienone is 10. The summed E-state index contributed by atoms with van der Waals surface area (Å²) in [6.07, 6.45) is 15.9. The molecule has 0 aromatic rings. The van der Waals surface area contributed by atoms with Gasteiger partial charge in [0, 0.05) is 0 Å². The quantitative estimate of drug-likeness (QED) is 0.450. The fraction of sp³-hybridized carbons (Fsp3) is 0.143. The van der Waals surface area contributed by atoms with E-state index in [-0.39, 0.29) is 0 Å². The maximum atomic E-state index is 3.66. The Kier molecular flexibility index (Phi) is 8.17. The van der Waals surface area contributed by atoms with E-state index in [0.29, 0.717) is 0 Å². The molecule has 0 rings (SSSR count). The molecule has 0 aromatic carbocycles. The van der Waals surface area contributed by atoms with Crippen LogP contribution in [-0.2, 0) is 0 Å². The molecule has 0 aliphatic carbocycles. The number of hydrogen-bond donors (Lipinski definition) is 0. The zero-order valence-corrected chi connectivity index (χ0v) is 9.74. The summed E-state index contributed by atoms with van der Waals surface area (Å²) in [5.41, 5.74) is 2.58. The lowest BCUT2D eigenvalue weighted by Gasteiger charge is -2.00. The second-order valence-corrected chi connectivity index (χ2v) is 3.09. The van der Waals surface area contributed by atoms with Crippen molar-refractivity contribution in [3.63, 3.8) is 0 Å². The largest absolute Gasteiger partial charge is 0.191 e. The van der Waals surface area contributed by atoms with Gasteiger partial charge in [-0.05, 0) is 13.8 Å². The van der Waals surface area contributed by atoms with Gasteiger partial charge in [-0.1, -0.05) is 72.7 Å². The van der Waals surface area contributed by atoms with Gasteiger partial charge < -0.3 is 0 Å². The summed E-state index contributed by atoms with van der Waals surface area (Å²) in [7, 11) is 0.946. The van der Waals surface area contributed by atoms with Gasteiger partial charge >= 0.3 is 0 Å². The molecule has 0 bridgehead atoms. The third-order valence-electron chi connectivity index (χ3n) is 2.04. The van der Waals surface area contributed by atoms with E-state index in [1.54, 1.807) is 12.2 Å². The lowest BCUT2D eigenvalue weighted by Crippen LogP contribution is -1.96. The third kappa shape index (κ3) is 6.56. The predicted molar refractivity (Wildman–Crippen MR) is 73.3 cm³/mol. The fourth-order valence-corrected chi connectivity index (χ4v) is 1.13. The normalized spacial score (nSPS) is 13.5. The molecule has 0 fully saturated rings. The summed E-state index contributed by atoms with van der Waals surface area (Å²) in [6, 6.07) is 0. The molecule has 0 aromatic heterocycles.